The summed E-state index contributed by atoms with van der Waals surface area (Å²) < 4.78 is 41.0. The summed E-state index contributed by atoms with van der Waals surface area (Å²) in [6.07, 6.45) is 0.715. The second kappa shape index (κ2) is 8.77. The molecule has 0 amide bonds. The molecule has 1 aliphatic rings. The molecule has 1 heterocycles. The molecule has 0 aliphatic carbocycles. The van der Waals surface area contributed by atoms with E-state index in [1.54, 1.807) is 24.3 Å². The first-order valence-electron chi connectivity index (χ1n) is 8.72. The number of ether oxygens (including phenoxy) is 2. The van der Waals surface area contributed by atoms with Gasteiger partial charge in [0.25, 0.3) is 10.1 Å². The summed E-state index contributed by atoms with van der Waals surface area (Å²) in [4.78, 5) is 0.185. The van der Waals surface area contributed by atoms with E-state index in [0.717, 1.165) is 17.5 Å². The predicted octanol–water partition coefficient (Wildman–Crippen LogP) is 3.32. The van der Waals surface area contributed by atoms with E-state index >= 15 is 0 Å². The number of hydrogen-bond acceptors (Lipinski definition) is 5. The quantitative estimate of drug-likeness (QED) is 0.662. The van der Waals surface area contributed by atoms with Gasteiger partial charge in [0.05, 0.1) is 37.4 Å². The summed E-state index contributed by atoms with van der Waals surface area (Å²) in [5.41, 5.74) is 2.13. The van der Waals surface area contributed by atoms with Crippen LogP contribution in [0.15, 0.2) is 59.5 Å². The van der Waals surface area contributed by atoms with Crippen molar-refractivity contribution in [3.05, 3.63) is 65.7 Å². The van der Waals surface area contributed by atoms with Gasteiger partial charge >= 0.3 is 0 Å². The van der Waals surface area contributed by atoms with Crippen LogP contribution in [0, 0.1) is 12.8 Å². The lowest BCUT2D eigenvalue weighted by molar-refractivity contribution is 0.00968. The fraction of sp³-hybridized carbons (Fsp3) is 0.400. The minimum atomic E-state index is -3.72. The smallest absolute Gasteiger partial charge is 0.296 e. The molecule has 2 aromatic carbocycles. The van der Waals surface area contributed by atoms with Crippen LogP contribution in [0.3, 0.4) is 0 Å². The van der Waals surface area contributed by atoms with Crippen LogP contribution in [-0.2, 0) is 30.4 Å². The summed E-state index contributed by atoms with van der Waals surface area (Å²) in [6.45, 7) is 3.57. The SMILES string of the molecule is Cc1ccc(S(=O)(=O)OCC2COC(COCc3ccccc3)C2)cc1. The van der Waals surface area contributed by atoms with Gasteiger partial charge in [-0.05, 0) is 31.0 Å². The maximum atomic E-state index is 12.2. The van der Waals surface area contributed by atoms with Gasteiger partial charge in [-0.3, -0.25) is 4.18 Å². The van der Waals surface area contributed by atoms with Crippen LogP contribution < -0.4 is 0 Å². The minimum absolute atomic E-state index is 0.0191. The first kappa shape index (κ1) is 19.0. The number of hydrogen-bond donors (Lipinski definition) is 0. The Hall–Kier alpha value is -1.73. The van der Waals surface area contributed by atoms with Crippen molar-refractivity contribution in [1.29, 1.82) is 0 Å². The molecule has 0 aromatic heterocycles. The van der Waals surface area contributed by atoms with Crippen LogP contribution in [0.25, 0.3) is 0 Å². The summed E-state index contributed by atoms with van der Waals surface area (Å²) in [5.74, 6) is 0.0561. The molecule has 0 N–H and O–H groups in total. The molecular formula is C20H24O5S. The summed E-state index contributed by atoms with van der Waals surface area (Å²) in [5, 5.41) is 0. The van der Waals surface area contributed by atoms with E-state index in [-0.39, 0.29) is 23.5 Å². The normalized spacial score (nSPS) is 20.3. The second-order valence-corrected chi connectivity index (χ2v) is 8.22. The highest BCUT2D eigenvalue weighted by molar-refractivity contribution is 7.86. The Morgan fingerprint density at radius 3 is 2.50 bits per heavy atom. The topological polar surface area (TPSA) is 61.8 Å². The first-order chi connectivity index (χ1) is 12.5. The minimum Gasteiger partial charge on any atom is -0.375 e. The lowest BCUT2D eigenvalue weighted by Gasteiger charge is -2.11. The molecule has 0 bridgehead atoms. The maximum absolute atomic E-state index is 12.2. The molecule has 140 valence electrons. The fourth-order valence-corrected chi connectivity index (χ4v) is 3.83. The van der Waals surface area contributed by atoms with Gasteiger partial charge < -0.3 is 9.47 Å². The van der Waals surface area contributed by atoms with Crippen molar-refractivity contribution in [2.75, 3.05) is 19.8 Å². The van der Waals surface area contributed by atoms with E-state index in [0.29, 0.717) is 19.8 Å². The lowest BCUT2D eigenvalue weighted by Crippen LogP contribution is -2.16. The van der Waals surface area contributed by atoms with Crippen LogP contribution in [0.1, 0.15) is 17.5 Å². The highest BCUT2D eigenvalue weighted by Crippen LogP contribution is 2.22. The zero-order valence-electron chi connectivity index (χ0n) is 14.8. The molecule has 1 saturated heterocycles. The zero-order chi connectivity index (χ0) is 18.4. The Morgan fingerprint density at radius 1 is 1.04 bits per heavy atom. The largest absolute Gasteiger partial charge is 0.375 e. The summed E-state index contributed by atoms with van der Waals surface area (Å²) in [6, 6.07) is 16.6. The molecular weight excluding hydrogens is 352 g/mol. The van der Waals surface area contributed by atoms with Crippen LogP contribution >= 0.6 is 0 Å². The molecule has 0 radical (unpaired) electrons. The summed E-state index contributed by atoms with van der Waals surface area (Å²) in [7, 11) is -3.72. The van der Waals surface area contributed by atoms with E-state index in [4.69, 9.17) is 13.7 Å². The molecule has 5 nitrogen and oxygen atoms in total. The van der Waals surface area contributed by atoms with E-state index < -0.39 is 10.1 Å². The van der Waals surface area contributed by atoms with Crippen molar-refractivity contribution in [1.82, 2.24) is 0 Å². The molecule has 2 atom stereocenters. The van der Waals surface area contributed by atoms with Gasteiger partial charge in [0.15, 0.2) is 0 Å². The molecule has 0 saturated carbocycles. The molecule has 1 aliphatic heterocycles. The van der Waals surface area contributed by atoms with Gasteiger partial charge in [-0.2, -0.15) is 8.42 Å². The van der Waals surface area contributed by atoms with Crippen LogP contribution in [0.5, 0.6) is 0 Å². The molecule has 1 fully saturated rings. The second-order valence-electron chi connectivity index (χ2n) is 6.61. The van der Waals surface area contributed by atoms with Crippen LogP contribution in [-0.4, -0.2) is 34.3 Å². The average molecular weight is 376 g/mol. The summed E-state index contributed by atoms with van der Waals surface area (Å²) >= 11 is 0. The number of rotatable bonds is 8. The Labute approximate surface area is 155 Å². The van der Waals surface area contributed by atoms with E-state index in [1.807, 2.05) is 37.3 Å². The van der Waals surface area contributed by atoms with Crippen molar-refractivity contribution < 1.29 is 22.1 Å². The van der Waals surface area contributed by atoms with Crippen molar-refractivity contribution in [3.63, 3.8) is 0 Å². The van der Waals surface area contributed by atoms with Gasteiger partial charge in [-0.25, -0.2) is 0 Å². The highest BCUT2D eigenvalue weighted by atomic mass is 32.2. The van der Waals surface area contributed by atoms with E-state index in [1.165, 1.54) is 0 Å². The molecule has 26 heavy (non-hydrogen) atoms. The highest BCUT2D eigenvalue weighted by Gasteiger charge is 2.28. The molecule has 0 spiro atoms. The third kappa shape index (κ3) is 5.38. The predicted molar refractivity (Wildman–Crippen MR) is 98.3 cm³/mol. The maximum Gasteiger partial charge on any atom is 0.296 e. The Morgan fingerprint density at radius 2 is 1.77 bits per heavy atom. The third-order valence-electron chi connectivity index (χ3n) is 4.35. The lowest BCUT2D eigenvalue weighted by atomic mass is 10.1. The molecule has 6 heteroatoms. The van der Waals surface area contributed by atoms with E-state index in [2.05, 4.69) is 0 Å². The fourth-order valence-electron chi connectivity index (χ4n) is 2.85. The number of benzene rings is 2. The van der Waals surface area contributed by atoms with Gasteiger partial charge in [0.2, 0.25) is 0 Å². The number of aryl methyl sites for hydroxylation is 1. The van der Waals surface area contributed by atoms with Gasteiger partial charge in [-0.1, -0.05) is 48.0 Å². The van der Waals surface area contributed by atoms with Gasteiger partial charge in [-0.15, -0.1) is 0 Å². The third-order valence-corrected chi connectivity index (χ3v) is 5.64. The van der Waals surface area contributed by atoms with Crippen LogP contribution in [0.2, 0.25) is 0 Å². The Balaban J connectivity index is 1.41. The van der Waals surface area contributed by atoms with Gasteiger partial charge in [0, 0.05) is 5.92 Å². The van der Waals surface area contributed by atoms with Crippen molar-refractivity contribution in [3.8, 4) is 0 Å². The van der Waals surface area contributed by atoms with E-state index in [9.17, 15) is 8.42 Å². The monoisotopic (exact) mass is 376 g/mol. The van der Waals surface area contributed by atoms with Crippen molar-refractivity contribution in [2.24, 2.45) is 5.92 Å². The van der Waals surface area contributed by atoms with Gasteiger partial charge in [0.1, 0.15) is 0 Å². The van der Waals surface area contributed by atoms with Crippen molar-refractivity contribution >= 4 is 10.1 Å². The molecule has 2 aromatic rings. The molecule has 2 unspecified atom stereocenters. The Bertz CT molecular complexity index is 787. The molecule has 3 rings (SSSR count). The standard InChI is InChI=1S/C20H24O5S/c1-16-7-9-20(10-8-16)26(21,22)25-14-18-11-19(24-13-18)15-23-12-17-5-3-2-4-6-17/h2-10,18-19H,11-15H2,1H3. The zero-order valence-corrected chi connectivity index (χ0v) is 15.7. The first-order valence-corrected chi connectivity index (χ1v) is 10.1. The Kier molecular flexibility index (Phi) is 6.43. The van der Waals surface area contributed by atoms with Crippen LogP contribution in [0.4, 0.5) is 0 Å². The van der Waals surface area contributed by atoms with Crippen molar-refractivity contribution in [2.45, 2.75) is 31.0 Å². The average Bonchev–Trinajstić information content (AvgIpc) is 3.09.